The monoisotopic (exact) mass is 442 g/mol. The van der Waals surface area contributed by atoms with Crippen LogP contribution in [0.5, 0.6) is 5.75 Å². The molecule has 0 bridgehead atoms. The van der Waals surface area contributed by atoms with Gasteiger partial charge in [-0.2, -0.15) is 0 Å². The Balaban J connectivity index is 1.68. The zero-order chi connectivity index (χ0) is 22.4. The lowest BCUT2D eigenvalue weighted by molar-refractivity contribution is -0.384. The first kappa shape index (κ1) is 22.3. The summed E-state index contributed by atoms with van der Waals surface area (Å²) in [5.41, 5.74) is 0.912. The number of nitrogens with zero attached hydrogens (tertiary/aromatic N) is 3. The lowest BCUT2D eigenvalue weighted by Crippen LogP contribution is -2.33. The molecule has 1 saturated heterocycles. The summed E-state index contributed by atoms with van der Waals surface area (Å²) in [5.74, 6) is 0.212. The number of rotatable bonds is 8. The Bertz CT molecular complexity index is 1010. The van der Waals surface area contributed by atoms with Crippen LogP contribution in [0.25, 0.3) is 0 Å². The van der Waals surface area contributed by atoms with E-state index in [4.69, 9.17) is 4.74 Å². The molecule has 10 heteroatoms. The maximum atomic E-state index is 12.7. The standard InChI is InChI=1S/C21H22N4O5S/c1-3-24-20(27)18(13-19(26)22-14-8-10-17(11-9-14)30-4-2)31-21(24)23-15-6-5-7-16(12-15)25(28)29/h5-12,18H,3-4,13H2,1-2H3,(H,22,26). The second-order valence-corrected chi connectivity index (χ2v) is 7.74. The summed E-state index contributed by atoms with van der Waals surface area (Å²) in [4.78, 5) is 41.6. The van der Waals surface area contributed by atoms with Crippen molar-refractivity contribution < 1.29 is 19.2 Å². The van der Waals surface area contributed by atoms with Crippen molar-refractivity contribution in [2.45, 2.75) is 25.5 Å². The predicted octanol–water partition coefficient (Wildman–Crippen LogP) is 3.97. The van der Waals surface area contributed by atoms with Gasteiger partial charge in [-0.1, -0.05) is 17.8 Å². The van der Waals surface area contributed by atoms with Gasteiger partial charge in [0.1, 0.15) is 11.0 Å². The van der Waals surface area contributed by atoms with E-state index >= 15 is 0 Å². The number of thioether (sulfide) groups is 1. The first-order valence-corrected chi connectivity index (χ1v) is 10.6. The van der Waals surface area contributed by atoms with Gasteiger partial charge in [0.25, 0.3) is 5.69 Å². The highest BCUT2D eigenvalue weighted by Crippen LogP contribution is 2.32. The summed E-state index contributed by atoms with van der Waals surface area (Å²) in [6.45, 7) is 4.64. The molecule has 9 nitrogen and oxygen atoms in total. The molecule has 1 aliphatic rings. The molecule has 3 rings (SSSR count). The molecule has 0 spiro atoms. The van der Waals surface area contributed by atoms with E-state index in [0.29, 0.717) is 35.4 Å². The van der Waals surface area contributed by atoms with Crippen molar-refractivity contribution in [3.05, 3.63) is 58.6 Å². The summed E-state index contributed by atoms with van der Waals surface area (Å²) in [6, 6.07) is 12.9. The Morgan fingerprint density at radius 3 is 2.65 bits per heavy atom. The number of carbonyl (C=O) groups is 2. The molecule has 1 fully saturated rings. The molecule has 2 amide bonds. The molecule has 0 saturated carbocycles. The van der Waals surface area contributed by atoms with Gasteiger partial charge < -0.3 is 10.1 Å². The van der Waals surface area contributed by atoms with E-state index in [1.807, 2.05) is 13.8 Å². The molecule has 1 aliphatic heterocycles. The highest BCUT2D eigenvalue weighted by molar-refractivity contribution is 8.15. The number of nitrogens with one attached hydrogen (secondary N) is 1. The van der Waals surface area contributed by atoms with Gasteiger partial charge in [0.15, 0.2) is 5.17 Å². The van der Waals surface area contributed by atoms with E-state index in [9.17, 15) is 19.7 Å². The van der Waals surface area contributed by atoms with Crippen molar-refractivity contribution in [1.82, 2.24) is 4.90 Å². The van der Waals surface area contributed by atoms with Gasteiger partial charge in [-0.3, -0.25) is 24.6 Å². The molecular weight excluding hydrogens is 420 g/mol. The van der Waals surface area contributed by atoms with Crippen LogP contribution in [-0.4, -0.2) is 45.2 Å². The zero-order valence-electron chi connectivity index (χ0n) is 17.1. The topological polar surface area (TPSA) is 114 Å². The fourth-order valence-corrected chi connectivity index (χ4v) is 4.21. The normalized spacial score (nSPS) is 17.1. The minimum atomic E-state index is -0.611. The van der Waals surface area contributed by atoms with Crippen LogP contribution >= 0.6 is 11.8 Å². The average Bonchev–Trinajstić information content (AvgIpc) is 3.03. The van der Waals surface area contributed by atoms with E-state index in [-0.39, 0.29) is 23.9 Å². The molecule has 1 atom stereocenters. The summed E-state index contributed by atoms with van der Waals surface area (Å²) < 4.78 is 5.38. The van der Waals surface area contributed by atoms with Crippen LogP contribution in [0.4, 0.5) is 17.1 Å². The number of ether oxygens (including phenoxy) is 1. The Labute approximate surface area is 183 Å². The Kier molecular flexibility index (Phi) is 7.24. The zero-order valence-corrected chi connectivity index (χ0v) is 17.9. The van der Waals surface area contributed by atoms with E-state index in [1.165, 1.54) is 34.9 Å². The SMILES string of the molecule is CCOc1ccc(NC(=O)CC2SC(=Nc3cccc([N+](=O)[O-])c3)N(CC)C2=O)cc1. The molecule has 1 unspecified atom stereocenters. The smallest absolute Gasteiger partial charge is 0.271 e. The molecule has 1 N–H and O–H groups in total. The lowest BCUT2D eigenvalue weighted by Gasteiger charge is -2.13. The van der Waals surface area contributed by atoms with Crippen LogP contribution in [0.3, 0.4) is 0 Å². The average molecular weight is 442 g/mol. The lowest BCUT2D eigenvalue weighted by atomic mass is 10.2. The fraction of sp³-hybridized carbons (Fsp3) is 0.286. The van der Waals surface area contributed by atoms with Crippen molar-refractivity contribution in [1.29, 1.82) is 0 Å². The van der Waals surface area contributed by atoms with Gasteiger partial charge in [0.05, 0.1) is 17.2 Å². The first-order valence-electron chi connectivity index (χ1n) is 9.75. The van der Waals surface area contributed by atoms with Gasteiger partial charge in [-0.25, -0.2) is 4.99 Å². The fourth-order valence-electron chi connectivity index (χ4n) is 2.98. The number of hydrogen-bond acceptors (Lipinski definition) is 7. The van der Waals surface area contributed by atoms with Crippen LogP contribution in [0.15, 0.2) is 53.5 Å². The van der Waals surface area contributed by atoms with Crippen LogP contribution in [-0.2, 0) is 9.59 Å². The molecule has 31 heavy (non-hydrogen) atoms. The number of benzene rings is 2. The van der Waals surface area contributed by atoms with Crippen LogP contribution in [0.1, 0.15) is 20.3 Å². The Morgan fingerprint density at radius 1 is 1.26 bits per heavy atom. The van der Waals surface area contributed by atoms with E-state index < -0.39 is 10.2 Å². The minimum Gasteiger partial charge on any atom is -0.494 e. The number of aliphatic imine (C=N–C) groups is 1. The highest BCUT2D eigenvalue weighted by atomic mass is 32.2. The van der Waals surface area contributed by atoms with Crippen LogP contribution < -0.4 is 10.1 Å². The van der Waals surface area contributed by atoms with Gasteiger partial charge in [-0.05, 0) is 44.2 Å². The van der Waals surface area contributed by atoms with E-state index in [0.717, 1.165) is 0 Å². The van der Waals surface area contributed by atoms with Crippen molar-refractivity contribution in [3.8, 4) is 5.75 Å². The van der Waals surface area contributed by atoms with Crippen molar-refractivity contribution >= 4 is 45.8 Å². The summed E-state index contributed by atoms with van der Waals surface area (Å²) in [5, 5.41) is 13.6. The number of carbonyl (C=O) groups excluding carboxylic acids is 2. The third-order valence-electron chi connectivity index (χ3n) is 4.42. The van der Waals surface area contributed by atoms with Crippen LogP contribution in [0.2, 0.25) is 0 Å². The van der Waals surface area contributed by atoms with Gasteiger partial charge in [0.2, 0.25) is 11.8 Å². The largest absolute Gasteiger partial charge is 0.494 e. The number of amidine groups is 1. The van der Waals surface area contributed by atoms with Gasteiger partial charge in [0, 0.05) is 30.8 Å². The Morgan fingerprint density at radius 2 is 2.00 bits per heavy atom. The van der Waals surface area contributed by atoms with Gasteiger partial charge in [-0.15, -0.1) is 0 Å². The van der Waals surface area contributed by atoms with E-state index in [2.05, 4.69) is 10.3 Å². The number of non-ortho nitro benzene ring substituents is 1. The number of nitro benzene ring substituents is 1. The molecule has 0 aromatic heterocycles. The number of anilines is 1. The second kappa shape index (κ2) is 10.1. The van der Waals surface area contributed by atoms with Crippen LogP contribution in [0, 0.1) is 10.1 Å². The van der Waals surface area contributed by atoms with Crippen molar-refractivity contribution in [3.63, 3.8) is 0 Å². The maximum absolute atomic E-state index is 12.7. The first-order chi connectivity index (χ1) is 14.9. The molecule has 0 aliphatic carbocycles. The summed E-state index contributed by atoms with van der Waals surface area (Å²) >= 11 is 1.18. The molecule has 1 heterocycles. The number of hydrogen-bond donors (Lipinski definition) is 1. The van der Waals surface area contributed by atoms with Crippen molar-refractivity contribution in [2.75, 3.05) is 18.5 Å². The number of nitro groups is 1. The molecule has 0 radical (unpaired) electrons. The summed E-state index contributed by atoms with van der Waals surface area (Å²) in [6.07, 6.45) is -0.0127. The maximum Gasteiger partial charge on any atom is 0.271 e. The van der Waals surface area contributed by atoms with Crippen molar-refractivity contribution in [2.24, 2.45) is 4.99 Å². The Hall–Kier alpha value is -3.40. The second-order valence-electron chi connectivity index (χ2n) is 6.57. The van der Waals surface area contributed by atoms with E-state index in [1.54, 1.807) is 30.3 Å². The van der Waals surface area contributed by atoms with Gasteiger partial charge >= 0.3 is 0 Å². The summed E-state index contributed by atoms with van der Waals surface area (Å²) in [7, 11) is 0. The molecule has 162 valence electrons. The third-order valence-corrected chi connectivity index (χ3v) is 5.60. The number of amides is 2. The quantitative estimate of drug-likeness (QED) is 0.489. The molecular formula is C21H22N4O5S. The highest BCUT2D eigenvalue weighted by Gasteiger charge is 2.38. The molecule has 2 aromatic carbocycles. The third kappa shape index (κ3) is 5.60. The molecule has 2 aromatic rings. The minimum absolute atomic E-state index is 0.0127. The predicted molar refractivity (Wildman–Crippen MR) is 120 cm³/mol.